The topological polar surface area (TPSA) is 35.8 Å². The second-order valence-electron chi connectivity index (χ2n) is 5.33. The molecule has 2 aromatic rings. The lowest BCUT2D eigenvalue weighted by atomic mass is 9.96. The molecule has 1 aliphatic rings. The SMILES string of the molecule is N#Cc1csc(CNC(c2cccs2)C2CCCC2)c1. The smallest absolute Gasteiger partial charge is 0.100 e. The first-order valence-corrected chi connectivity index (χ1v) is 8.87. The van der Waals surface area contributed by atoms with E-state index in [9.17, 15) is 0 Å². The van der Waals surface area contributed by atoms with Crippen LogP contribution in [0.3, 0.4) is 0 Å². The van der Waals surface area contributed by atoms with Gasteiger partial charge in [0.15, 0.2) is 0 Å². The average Bonchev–Trinajstić information content (AvgIpc) is 3.22. The Labute approximate surface area is 128 Å². The second kappa shape index (κ2) is 6.53. The maximum absolute atomic E-state index is 8.89. The molecule has 20 heavy (non-hydrogen) atoms. The van der Waals surface area contributed by atoms with Gasteiger partial charge in [-0.05, 0) is 36.3 Å². The fourth-order valence-electron chi connectivity index (χ4n) is 3.00. The molecule has 2 nitrogen and oxygen atoms in total. The van der Waals surface area contributed by atoms with Crippen LogP contribution in [-0.4, -0.2) is 0 Å². The van der Waals surface area contributed by atoms with E-state index in [0.717, 1.165) is 18.0 Å². The Kier molecular flexibility index (Phi) is 4.51. The fraction of sp³-hybridized carbons (Fsp3) is 0.438. The van der Waals surface area contributed by atoms with Gasteiger partial charge in [-0.25, -0.2) is 0 Å². The highest BCUT2D eigenvalue weighted by atomic mass is 32.1. The first kappa shape index (κ1) is 13.8. The normalized spacial score (nSPS) is 17.1. The number of hydrogen-bond donors (Lipinski definition) is 1. The summed E-state index contributed by atoms with van der Waals surface area (Å²) in [6, 6.07) is 9.06. The van der Waals surface area contributed by atoms with Crippen LogP contribution in [0.15, 0.2) is 29.0 Å². The Balaban J connectivity index is 1.68. The van der Waals surface area contributed by atoms with Crippen molar-refractivity contribution in [3.05, 3.63) is 44.3 Å². The Morgan fingerprint density at radius 1 is 1.35 bits per heavy atom. The first-order chi connectivity index (χ1) is 9.86. The van der Waals surface area contributed by atoms with Crippen molar-refractivity contribution < 1.29 is 0 Å². The molecule has 1 saturated carbocycles. The van der Waals surface area contributed by atoms with Gasteiger partial charge in [-0.3, -0.25) is 0 Å². The summed E-state index contributed by atoms with van der Waals surface area (Å²) in [7, 11) is 0. The van der Waals surface area contributed by atoms with Crippen LogP contribution < -0.4 is 5.32 Å². The van der Waals surface area contributed by atoms with Crippen molar-refractivity contribution >= 4 is 22.7 Å². The van der Waals surface area contributed by atoms with E-state index in [1.165, 1.54) is 35.4 Å². The van der Waals surface area contributed by atoms with Gasteiger partial charge in [0.2, 0.25) is 0 Å². The summed E-state index contributed by atoms with van der Waals surface area (Å²) in [5.74, 6) is 0.768. The van der Waals surface area contributed by atoms with Crippen LogP contribution >= 0.6 is 22.7 Å². The molecule has 2 heterocycles. The van der Waals surface area contributed by atoms with Gasteiger partial charge in [-0.2, -0.15) is 5.26 Å². The predicted octanol–water partition coefficient (Wildman–Crippen LogP) is 4.70. The summed E-state index contributed by atoms with van der Waals surface area (Å²) in [4.78, 5) is 2.70. The van der Waals surface area contributed by atoms with E-state index in [-0.39, 0.29) is 0 Å². The minimum absolute atomic E-state index is 0.477. The van der Waals surface area contributed by atoms with Gasteiger partial charge in [-0.15, -0.1) is 22.7 Å². The second-order valence-corrected chi connectivity index (χ2v) is 7.31. The van der Waals surface area contributed by atoms with Crippen molar-refractivity contribution in [3.63, 3.8) is 0 Å². The third kappa shape index (κ3) is 3.12. The van der Waals surface area contributed by atoms with Crippen molar-refractivity contribution in [1.29, 1.82) is 5.26 Å². The molecule has 1 N–H and O–H groups in total. The van der Waals surface area contributed by atoms with Gasteiger partial charge in [0, 0.05) is 27.7 Å². The largest absolute Gasteiger partial charge is 0.304 e. The highest BCUT2D eigenvalue weighted by molar-refractivity contribution is 7.10. The molecule has 0 radical (unpaired) electrons. The van der Waals surface area contributed by atoms with Crippen LogP contribution in [0, 0.1) is 17.2 Å². The minimum Gasteiger partial charge on any atom is -0.304 e. The van der Waals surface area contributed by atoms with Gasteiger partial charge in [-0.1, -0.05) is 18.9 Å². The van der Waals surface area contributed by atoms with E-state index in [0.29, 0.717) is 6.04 Å². The molecule has 2 aromatic heterocycles. The molecule has 0 saturated heterocycles. The fourth-order valence-corrected chi connectivity index (χ4v) is 4.66. The Morgan fingerprint density at radius 3 is 2.85 bits per heavy atom. The molecule has 0 bridgehead atoms. The summed E-state index contributed by atoms with van der Waals surface area (Å²) >= 11 is 3.53. The molecule has 0 spiro atoms. The molecule has 4 heteroatoms. The lowest BCUT2D eigenvalue weighted by Crippen LogP contribution is -2.25. The monoisotopic (exact) mass is 302 g/mol. The number of nitrogens with one attached hydrogen (secondary N) is 1. The molecule has 1 unspecified atom stereocenters. The quantitative estimate of drug-likeness (QED) is 0.868. The Bertz CT molecular complexity index is 574. The Hall–Kier alpha value is -1.15. The molecule has 1 aliphatic carbocycles. The third-order valence-corrected chi connectivity index (χ3v) is 5.89. The maximum Gasteiger partial charge on any atom is 0.100 e. The van der Waals surface area contributed by atoms with Gasteiger partial charge < -0.3 is 5.32 Å². The average molecular weight is 302 g/mol. The minimum atomic E-state index is 0.477. The van der Waals surface area contributed by atoms with Crippen LogP contribution in [0.2, 0.25) is 0 Å². The highest BCUT2D eigenvalue weighted by Gasteiger charge is 2.26. The van der Waals surface area contributed by atoms with E-state index in [2.05, 4.69) is 28.9 Å². The van der Waals surface area contributed by atoms with Crippen LogP contribution in [0.4, 0.5) is 0 Å². The van der Waals surface area contributed by atoms with Crippen molar-refractivity contribution in [2.75, 3.05) is 0 Å². The lowest BCUT2D eigenvalue weighted by Gasteiger charge is -2.23. The number of thiophene rings is 2. The first-order valence-electron chi connectivity index (χ1n) is 7.11. The molecule has 0 aromatic carbocycles. The molecule has 0 amide bonds. The van der Waals surface area contributed by atoms with Crippen molar-refractivity contribution in [1.82, 2.24) is 5.32 Å². The molecule has 0 aliphatic heterocycles. The molecule has 1 atom stereocenters. The van der Waals surface area contributed by atoms with Gasteiger partial charge in [0.25, 0.3) is 0 Å². The zero-order valence-electron chi connectivity index (χ0n) is 11.3. The van der Waals surface area contributed by atoms with E-state index < -0.39 is 0 Å². The maximum atomic E-state index is 8.89. The molecule has 3 rings (SSSR count). The summed E-state index contributed by atoms with van der Waals surface area (Å²) in [6.45, 7) is 0.866. The van der Waals surface area contributed by atoms with Gasteiger partial charge in [0.05, 0.1) is 5.56 Å². The predicted molar refractivity (Wildman–Crippen MR) is 84.9 cm³/mol. The van der Waals surface area contributed by atoms with Crippen molar-refractivity contribution in [2.45, 2.75) is 38.3 Å². The lowest BCUT2D eigenvalue weighted by molar-refractivity contribution is 0.372. The van der Waals surface area contributed by atoms with Gasteiger partial charge in [0.1, 0.15) is 6.07 Å². The molecule has 104 valence electrons. The Morgan fingerprint density at radius 2 is 2.20 bits per heavy atom. The standard InChI is InChI=1S/C16H18N2S2/c17-9-12-8-14(20-11-12)10-18-16(13-4-1-2-5-13)15-6-3-7-19-15/h3,6-8,11,13,16,18H,1-2,4-5,10H2. The summed E-state index contributed by atoms with van der Waals surface area (Å²) < 4.78 is 0. The summed E-state index contributed by atoms with van der Waals surface area (Å²) in [5, 5.41) is 16.7. The number of hydrogen-bond acceptors (Lipinski definition) is 4. The van der Waals surface area contributed by atoms with Crippen LogP contribution in [0.25, 0.3) is 0 Å². The number of nitrogens with zero attached hydrogens (tertiary/aromatic N) is 1. The summed E-state index contributed by atoms with van der Waals surface area (Å²) in [5.41, 5.74) is 0.778. The highest BCUT2D eigenvalue weighted by Crippen LogP contribution is 2.37. The van der Waals surface area contributed by atoms with E-state index in [1.807, 2.05) is 22.8 Å². The zero-order valence-corrected chi connectivity index (χ0v) is 13.0. The molecule has 1 fully saturated rings. The summed E-state index contributed by atoms with van der Waals surface area (Å²) in [6.07, 6.45) is 5.41. The number of rotatable bonds is 5. The van der Waals surface area contributed by atoms with Crippen molar-refractivity contribution in [2.24, 2.45) is 5.92 Å². The van der Waals surface area contributed by atoms with Crippen molar-refractivity contribution in [3.8, 4) is 6.07 Å². The number of nitriles is 1. The van der Waals surface area contributed by atoms with Crippen LogP contribution in [0.5, 0.6) is 0 Å². The van der Waals surface area contributed by atoms with Gasteiger partial charge >= 0.3 is 0 Å². The third-order valence-electron chi connectivity index (χ3n) is 4.00. The molecular formula is C16H18N2S2. The zero-order chi connectivity index (χ0) is 13.8. The van der Waals surface area contributed by atoms with Crippen LogP contribution in [-0.2, 0) is 6.54 Å². The molecular weight excluding hydrogens is 284 g/mol. The van der Waals surface area contributed by atoms with Crippen LogP contribution in [0.1, 0.15) is 47.0 Å². The van der Waals surface area contributed by atoms with E-state index in [4.69, 9.17) is 5.26 Å². The van der Waals surface area contributed by atoms with E-state index in [1.54, 1.807) is 11.3 Å². The van der Waals surface area contributed by atoms with E-state index >= 15 is 0 Å².